The lowest BCUT2D eigenvalue weighted by atomic mass is 10.3. The predicted molar refractivity (Wildman–Crippen MR) is 72.5 cm³/mol. The molecule has 7 nitrogen and oxygen atoms in total. The smallest absolute Gasteiger partial charge is 0.329 e. The van der Waals surface area contributed by atoms with Gasteiger partial charge in [0.25, 0.3) is 0 Å². The van der Waals surface area contributed by atoms with E-state index in [2.05, 4.69) is 5.32 Å². The molecule has 0 aliphatic heterocycles. The normalized spacial score (nSPS) is 10.7. The molecule has 0 saturated heterocycles. The molecule has 0 aliphatic carbocycles. The quantitative estimate of drug-likeness (QED) is 0.806. The molecule has 1 heterocycles. The van der Waals surface area contributed by atoms with Crippen molar-refractivity contribution in [3.05, 3.63) is 34.7 Å². The van der Waals surface area contributed by atoms with Gasteiger partial charge in [0.2, 0.25) is 5.91 Å². The molecule has 0 unspecified atom stereocenters. The van der Waals surface area contributed by atoms with E-state index in [0.29, 0.717) is 12.1 Å². The van der Waals surface area contributed by atoms with E-state index in [0.717, 1.165) is 5.52 Å². The molecule has 0 atom stereocenters. The van der Waals surface area contributed by atoms with Crippen LogP contribution in [0.2, 0.25) is 0 Å². The summed E-state index contributed by atoms with van der Waals surface area (Å²) in [6.45, 7) is 1.70. The summed E-state index contributed by atoms with van der Waals surface area (Å²) >= 11 is 0. The number of imidazole rings is 1. The number of carbonyl (C=O) groups excluding carboxylic acids is 1. The summed E-state index contributed by atoms with van der Waals surface area (Å²) in [5.74, 6) is -1.63. The standard InChI is InChI=1S/C13H15N3O4/c1-2-15-9-5-3-4-6-10(9)16(13(15)20)8-11(17)14-7-12(18)19/h3-6H,2,7-8H2,1H3,(H,14,17)(H,18,19). The molecule has 1 aromatic heterocycles. The molecular weight excluding hydrogens is 262 g/mol. The molecule has 2 rings (SSSR count). The van der Waals surface area contributed by atoms with Gasteiger partial charge in [-0.15, -0.1) is 0 Å². The Balaban J connectivity index is 2.35. The van der Waals surface area contributed by atoms with Crippen molar-refractivity contribution in [2.45, 2.75) is 20.0 Å². The maximum absolute atomic E-state index is 12.2. The van der Waals surface area contributed by atoms with Gasteiger partial charge in [0.15, 0.2) is 0 Å². The second-order valence-electron chi connectivity index (χ2n) is 4.27. The second-order valence-corrected chi connectivity index (χ2v) is 4.27. The molecule has 0 bridgehead atoms. The minimum atomic E-state index is -1.12. The first kappa shape index (κ1) is 13.9. The number of nitrogens with zero attached hydrogens (tertiary/aromatic N) is 2. The Morgan fingerprint density at radius 3 is 2.35 bits per heavy atom. The van der Waals surface area contributed by atoms with Crippen LogP contribution >= 0.6 is 0 Å². The van der Waals surface area contributed by atoms with Crippen LogP contribution in [0.4, 0.5) is 0 Å². The largest absolute Gasteiger partial charge is 0.480 e. The fourth-order valence-electron chi connectivity index (χ4n) is 2.10. The van der Waals surface area contributed by atoms with E-state index in [1.54, 1.807) is 16.7 Å². The first-order valence-corrected chi connectivity index (χ1v) is 6.21. The molecular formula is C13H15N3O4. The van der Waals surface area contributed by atoms with Gasteiger partial charge in [0.05, 0.1) is 11.0 Å². The van der Waals surface area contributed by atoms with Crippen LogP contribution in [0.15, 0.2) is 29.1 Å². The van der Waals surface area contributed by atoms with E-state index < -0.39 is 18.4 Å². The van der Waals surface area contributed by atoms with E-state index >= 15 is 0 Å². The highest BCUT2D eigenvalue weighted by Gasteiger charge is 2.14. The van der Waals surface area contributed by atoms with Crippen molar-refractivity contribution in [2.24, 2.45) is 0 Å². The van der Waals surface area contributed by atoms with Gasteiger partial charge in [-0.1, -0.05) is 12.1 Å². The molecule has 1 aromatic carbocycles. The summed E-state index contributed by atoms with van der Waals surface area (Å²) in [7, 11) is 0. The minimum absolute atomic E-state index is 0.195. The van der Waals surface area contributed by atoms with Crippen LogP contribution < -0.4 is 11.0 Å². The summed E-state index contributed by atoms with van der Waals surface area (Å²) in [5.41, 5.74) is 1.13. The Bertz CT molecular complexity index is 714. The third-order valence-electron chi connectivity index (χ3n) is 2.98. The molecule has 2 N–H and O–H groups in total. The molecule has 0 fully saturated rings. The molecule has 0 aliphatic rings. The van der Waals surface area contributed by atoms with Gasteiger partial charge in [0.1, 0.15) is 13.1 Å². The molecule has 106 valence electrons. The number of benzene rings is 1. The van der Waals surface area contributed by atoms with Crippen LogP contribution in [0, 0.1) is 0 Å². The number of hydrogen-bond donors (Lipinski definition) is 2. The van der Waals surface area contributed by atoms with E-state index in [1.807, 2.05) is 19.1 Å². The van der Waals surface area contributed by atoms with E-state index in [4.69, 9.17) is 5.11 Å². The van der Waals surface area contributed by atoms with Gasteiger partial charge in [-0.2, -0.15) is 0 Å². The first-order chi connectivity index (χ1) is 9.54. The maximum atomic E-state index is 12.2. The average Bonchev–Trinajstić information content (AvgIpc) is 2.69. The number of aryl methyl sites for hydroxylation is 1. The number of aromatic nitrogens is 2. The van der Waals surface area contributed by atoms with E-state index in [-0.39, 0.29) is 12.2 Å². The zero-order valence-corrected chi connectivity index (χ0v) is 11.0. The predicted octanol–water partition coefficient (Wildman–Crippen LogP) is 0.0237. The van der Waals surface area contributed by atoms with Crippen LogP contribution in [0.1, 0.15) is 6.92 Å². The van der Waals surface area contributed by atoms with Gasteiger partial charge in [-0.3, -0.25) is 18.7 Å². The van der Waals surface area contributed by atoms with Crippen molar-refractivity contribution >= 4 is 22.9 Å². The fraction of sp³-hybridized carbons (Fsp3) is 0.308. The zero-order chi connectivity index (χ0) is 14.7. The number of carbonyl (C=O) groups is 2. The number of amides is 1. The molecule has 20 heavy (non-hydrogen) atoms. The SMILES string of the molecule is CCn1c(=O)n(CC(=O)NCC(=O)O)c2ccccc21. The van der Waals surface area contributed by atoms with Gasteiger partial charge >= 0.3 is 11.7 Å². The van der Waals surface area contributed by atoms with Crippen LogP contribution in [-0.4, -0.2) is 32.7 Å². The minimum Gasteiger partial charge on any atom is -0.480 e. The monoisotopic (exact) mass is 277 g/mol. The lowest BCUT2D eigenvalue weighted by Gasteiger charge is -2.03. The zero-order valence-electron chi connectivity index (χ0n) is 11.0. The Morgan fingerprint density at radius 2 is 1.80 bits per heavy atom. The number of hydrogen-bond acceptors (Lipinski definition) is 3. The molecule has 0 radical (unpaired) electrons. The molecule has 1 amide bonds. The highest BCUT2D eigenvalue weighted by atomic mass is 16.4. The number of carboxylic acid groups (broad SMARTS) is 1. The lowest BCUT2D eigenvalue weighted by molar-refractivity contribution is -0.138. The van der Waals surface area contributed by atoms with Crippen molar-refractivity contribution in [3.8, 4) is 0 Å². The summed E-state index contributed by atoms with van der Waals surface area (Å²) < 4.78 is 2.91. The molecule has 7 heteroatoms. The highest BCUT2D eigenvalue weighted by Crippen LogP contribution is 2.12. The van der Waals surface area contributed by atoms with Crippen molar-refractivity contribution in [1.29, 1.82) is 0 Å². The third-order valence-corrected chi connectivity index (χ3v) is 2.98. The summed E-state index contributed by atoms with van der Waals surface area (Å²) in [6.07, 6.45) is 0. The number of nitrogens with one attached hydrogen (secondary N) is 1. The number of para-hydroxylation sites is 2. The number of carboxylic acids is 1. The van der Waals surface area contributed by atoms with Crippen LogP contribution in [0.3, 0.4) is 0 Å². The highest BCUT2D eigenvalue weighted by molar-refractivity contribution is 5.83. The topological polar surface area (TPSA) is 93.3 Å². The fourth-order valence-corrected chi connectivity index (χ4v) is 2.10. The summed E-state index contributed by atoms with van der Waals surface area (Å²) in [6, 6.07) is 7.18. The van der Waals surface area contributed by atoms with Crippen LogP contribution in [0.25, 0.3) is 11.0 Å². The van der Waals surface area contributed by atoms with Crippen molar-refractivity contribution in [1.82, 2.24) is 14.5 Å². The van der Waals surface area contributed by atoms with Gasteiger partial charge in [-0.25, -0.2) is 4.79 Å². The molecule has 0 saturated carbocycles. The van der Waals surface area contributed by atoms with Crippen LogP contribution in [0.5, 0.6) is 0 Å². The van der Waals surface area contributed by atoms with E-state index in [9.17, 15) is 14.4 Å². The third kappa shape index (κ3) is 2.56. The number of aliphatic carboxylic acids is 1. The van der Waals surface area contributed by atoms with Gasteiger partial charge in [-0.05, 0) is 19.1 Å². The van der Waals surface area contributed by atoms with E-state index in [1.165, 1.54) is 4.57 Å². The Labute approximate surface area is 114 Å². The molecule has 0 spiro atoms. The van der Waals surface area contributed by atoms with Crippen molar-refractivity contribution in [2.75, 3.05) is 6.54 Å². The lowest BCUT2D eigenvalue weighted by Crippen LogP contribution is -2.35. The first-order valence-electron chi connectivity index (χ1n) is 6.21. The van der Waals surface area contributed by atoms with Gasteiger partial charge < -0.3 is 10.4 Å². The summed E-state index contributed by atoms with van der Waals surface area (Å²) in [5, 5.41) is 10.8. The second kappa shape index (κ2) is 5.60. The Kier molecular flexibility index (Phi) is 3.88. The molecule has 2 aromatic rings. The Morgan fingerprint density at radius 1 is 1.20 bits per heavy atom. The van der Waals surface area contributed by atoms with Crippen molar-refractivity contribution < 1.29 is 14.7 Å². The van der Waals surface area contributed by atoms with Crippen molar-refractivity contribution in [3.63, 3.8) is 0 Å². The summed E-state index contributed by atoms with van der Waals surface area (Å²) in [4.78, 5) is 34.3. The van der Waals surface area contributed by atoms with Crippen LogP contribution in [-0.2, 0) is 22.7 Å². The van der Waals surface area contributed by atoms with Gasteiger partial charge in [0, 0.05) is 6.54 Å². The maximum Gasteiger partial charge on any atom is 0.329 e. The number of fused-ring (bicyclic) bond motifs is 1. The number of rotatable bonds is 5. The Hall–Kier alpha value is -2.57. The average molecular weight is 277 g/mol.